The summed E-state index contributed by atoms with van der Waals surface area (Å²) in [5.41, 5.74) is 1.23. The van der Waals surface area contributed by atoms with Crippen LogP contribution in [0.1, 0.15) is 12.8 Å². The van der Waals surface area contributed by atoms with Gasteiger partial charge in [0.1, 0.15) is 0 Å². The van der Waals surface area contributed by atoms with Crippen LogP contribution < -0.4 is 0 Å². The second kappa shape index (κ2) is 10.5. The predicted octanol–water partition coefficient (Wildman–Crippen LogP) is 2.02. The van der Waals surface area contributed by atoms with E-state index in [0.29, 0.717) is 0 Å². The minimum atomic E-state index is 0.790. The van der Waals surface area contributed by atoms with Crippen molar-refractivity contribution in [3.05, 3.63) is 24.8 Å². The fourth-order valence-corrected chi connectivity index (χ4v) is 1.59. The van der Waals surface area contributed by atoms with Gasteiger partial charge in [0.2, 0.25) is 0 Å². The molecule has 3 heteroatoms. The molecule has 0 fully saturated rings. The summed E-state index contributed by atoms with van der Waals surface area (Å²) in [6, 6.07) is 0. The molecule has 0 unspecified atom stereocenters. The Balaban J connectivity index is 3.29. The molecule has 0 radical (unpaired) electrons. The summed E-state index contributed by atoms with van der Waals surface area (Å²) >= 11 is 0. The standard InChI is InChI=1S/C14H28N2O/c1-6-9-16(5)10-7-11-17-12-8-14(2)13-15(3)4/h6H,1-2,7-13H2,3-5H3. The Bertz CT molecular complexity index is 214. The summed E-state index contributed by atoms with van der Waals surface area (Å²) in [6.07, 6.45) is 3.96. The minimum absolute atomic E-state index is 0.790. The zero-order valence-electron chi connectivity index (χ0n) is 11.7. The van der Waals surface area contributed by atoms with Crippen molar-refractivity contribution in [2.75, 3.05) is 54.0 Å². The molecule has 0 bridgehead atoms. The SMILES string of the molecule is C=CCN(C)CCCOCCC(=C)CN(C)C. The van der Waals surface area contributed by atoms with Gasteiger partial charge in [0.15, 0.2) is 0 Å². The van der Waals surface area contributed by atoms with Crippen LogP contribution in [0.2, 0.25) is 0 Å². The van der Waals surface area contributed by atoms with E-state index >= 15 is 0 Å². The Kier molecular flexibility index (Phi) is 10.1. The quantitative estimate of drug-likeness (QED) is 0.406. The third-order valence-corrected chi connectivity index (χ3v) is 2.41. The van der Waals surface area contributed by atoms with Gasteiger partial charge in [0.05, 0.1) is 6.61 Å². The molecule has 17 heavy (non-hydrogen) atoms. The van der Waals surface area contributed by atoms with Gasteiger partial charge in [-0.2, -0.15) is 0 Å². The molecule has 0 aliphatic carbocycles. The van der Waals surface area contributed by atoms with Gasteiger partial charge >= 0.3 is 0 Å². The molecule has 0 atom stereocenters. The highest BCUT2D eigenvalue weighted by Gasteiger charge is 1.98. The maximum absolute atomic E-state index is 5.58. The van der Waals surface area contributed by atoms with Crippen LogP contribution in [0.5, 0.6) is 0 Å². The van der Waals surface area contributed by atoms with E-state index in [2.05, 4.69) is 44.1 Å². The van der Waals surface area contributed by atoms with Crippen molar-refractivity contribution < 1.29 is 4.74 Å². The maximum Gasteiger partial charge on any atom is 0.0503 e. The van der Waals surface area contributed by atoms with E-state index in [0.717, 1.165) is 45.7 Å². The Morgan fingerprint density at radius 1 is 1.24 bits per heavy atom. The molecule has 0 amide bonds. The van der Waals surface area contributed by atoms with E-state index in [1.165, 1.54) is 5.57 Å². The Hall–Kier alpha value is -0.640. The number of ether oxygens (including phenoxy) is 1. The second-order valence-corrected chi connectivity index (χ2v) is 4.75. The van der Waals surface area contributed by atoms with Crippen molar-refractivity contribution in [1.29, 1.82) is 0 Å². The van der Waals surface area contributed by atoms with Crippen LogP contribution in [-0.2, 0) is 4.74 Å². The van der Waals surface area contributed by atoms with E-state index in [9.17, 15) is 0 Å². The van der Waals surface area contributed by atoms with E-state index in [1.54, 1.807) is 0 Å². The molecule has 0 spiro atoms. The van der Waals surface area contributed by atoms with Crippen LogP contribution in [0.4, 0.5) is 0 Å². The van der Waals surface area contributed by atoms with Crippen LogP contribution in [0, 0.1) is 0 Å². The van der Waals surface area contributed by atoms with Crippen molar-refractivity contribution in [1.82, 2.24) is 9.80 Å². The summed E-state index contributed by atoms with van der Waals surface area (Å²) in [4.78, 5) is 4.37. The molecular weight excluding hydrogens is 212 g/mol. The number of likely N-dealkylation sites (N-methyl/N-ethyl adjacent to an activating group) is 2. The van der Waals surface area contributed by atoms with Crippen LogP contribution >= 0.6 is 0 Å². The van der Waals surface area contributed by atoms with Crippen molar-refractivity contribution >= 4 is 0 Å². The lowest BCUT2D eigenvalue weighted by Crippen LogP contribution is -2.20. The highest BCUT2D eigenvalue weighted by Crippen LogP contribution is 2.00. The van der Waals surface area contributed by atoms with Gasteiger partial charge in [-0.15, -0.1) is 6.58 Å². The molecule has 100 valence electrons. The van der Waals surface area contributed by atoms with Crippen LogP contribution in [0.15, 0.2) is 24.8 Å². The summed E-state index contributed by atoms with van der Waals surface area (Å²) in [7, 11) is 6.21. The topological polar surface area (TPSA) is 15.7 Å². The first-order valence-electron chi connectivity index (χ1n) is 6.24. The zero-order chi connectivity index (χ0) is 13.1. The summed E-state index contributed by atoms with van der Waals surface area (Å²) < 4.78 is 5.58. The normalized spacial score (nSPS) is 11.1. The third-order valence-electron chi connectivity index (χ3n) is 2.41. The van der Waals surface area contributed by atoms with Crippen molar-refractivity contribution in [3.63, 3.8) is 0 Å². The maximum atomic E-state index is 5.58. The van der Waals surface area contributed by atoms with E-state index in [1.807, 2.05) is 6.08 Å². The highest BCUT2D eigenvalue weighted by molar-refractivity contribution is 4.96. The van der Waals surface area contributed by atoms with Crippen molar-refractivity contribution in [2.45, 2.75) is 12.8 Å². The zero-order valence-corrected chi connectivity index (χ0v) is 11.7. The summed E-state index contributed by atoms with van der Waals surface area (Å²) in [5, 5.41) is 0. The first kappa shape index (κ1) is 16.4. The van der Waals surface area contributed by atoms with E-state index in [-0.39, 0.29) is 0 Å². The lowest BCUT2D eigenvalue weighted by Gasteiger charge is -2.14. The van der Waals surface area contributed by atoms with Gasteiger partial charge < -0.3 is 14.5 Å². The van der Waals surface area contributed by atoms with Crippen LogP contribution in [-0.4, -0.2) is 63.8 Å². The largest absolute Gasteiger partial charge is 0.381 e. The molecule has 0 aromatic heterocycles. The molecule has 0 heterocycles. The third kappa shape index (κ3) is 11.6. The van der Waals surface area contributed by atoms with Gasteiger partial charge in [0.25, 0.3) is 0 Å². The Morgan fingerprint density at radius 2 is 1.94 bits per heavy atom. The van der Waals surface area contributed by atoms with Gasteiger partial charge in [-0.3, -0.25) is 0 Å². The lowest BCUT2D eigenvalue weighted by atomic mass is 10.2. The molecule has 3 nitrogen and oxygen atoms in total. The van der Waals surface area contributed by atoms with Gasteiger partial charge in [-0.1, -0.05) is 18.2 Å². The van der Waals surface area contributed by atoms with Gasteiger partial charge in [-0.25, -0.2) is 0 Å². The van der Waals surface area contributed by atoms with Gasteiger partial charge in [0, 0.05) is 26.2 Å². The monoisotopic (exact) mass is 240 g/mol. The molecule has 0 aliphatic heterocycles. The molecule has 0 saturated carbocycles. The first-order valence-corrected chi connectivity index (χ1v) is 6.24. The average Bonchev–Trinajstić information content (AvgIpc) is 2.22. The molecule has 0 aromatic carbocycles. The molecule has 0 rings (SSSR count). The number of hydrogen-bond donors (Lipinski definition) is 0. The predicted molar refractivity (Wildman–Crippen MR) is 75.4 cm³/mol. The molecule has 0 N–H and O–H groups in total. The fourth-order valence-electron chi connectivity index (χ4n) is 1.59. The van der Waals surface area contributed by atoms with E-state index in [4.69, 9.17) is 4.74 Å². The van der Waals surface area contributed by atoms with E-state index < -0.39 is 0 Å². The van der Waals surface area contributed by atoms with Crippen LogP contribution in [0.25, 0.3) is 0 Å². The summed E-state index contributed by atoms with van der Waals surface area (Å²) in [5.74, 6) is 0. The number of hydrogen-bond acceptors (Lipinski definition) is 3. The smallest absolute Gasteiger partial charge is 0.0503 e. The highest BCUT2D eigenvalue weighted by atomic mass is 16.5. The first-order chi connectivity index (χ1) is 8.06. The number of rotatable bonds is 11. The summed E-state index contributed by atoms with van der Waals surface area (Å²) in [6.45, 7) is 12.3. The van der Waals surface area contributed by atoms with Crippen LogP contribution in [0.3, 0.4) is 0 Å². The second-order valence-electron chi connectivity index (χ2n) is 4.75. The molecular formula is C14H28N2O. The average molecular weight is 240 g/mol. The molecule has 0 aliphatic rings. The fraction of sp³-hybridized carbons (Fsp3) is 0.714. The Labute approximate surface area is 107 Å². The number of nitrogens with zero attached hydrogens (tertiary/aromatic N) is 2. The van der Waals surface area contributed by atoms with Crippen molar-refractivity contribution in [2.24, 2.45) is 0 Å². The van der Waals surface area contributed by atoms with Gasteiger partial charge in [-0.05, 0) is 34.0 Å². The lowest BCUT2D eigenvalue weighted by molar-refractivity contribution is 0.126. The Morgan fingerprint density at radius 3 is 2.53 bits per heavy atom. The minimum Gasteiger partial charge on any atom is -0.381 e. The molecule has 0 aromatic rings. The van der Waals surface area contributed by atoms with Crippen molar-refractivity contribution in [3.8, 4) is 0 Å². The molecule has 0 saturated heterocycles.